The van der Waals surface area contributed by atoms with Gasteiger partial charge >= 0.3 is 5.97 Å². The number of aromatic carboxylic acids is 1. The van der Waals surface area contributed by atoms with Gasteiger partial charge in [0.15, 0.2) is 5.69 Å². The third kappa shape index (κ3) is 3.83. The lowest BCUT2D eigenvalue weighted by Crippen LogP contribution is -2.38. The van der Waals surface area contributed by atoms with E-state index in [2.05, 4.69) is 29.5 Å². The molecule has 1 rings (SSSR count). The van der Waals surface area contributed by atoms with E-state index in [0.29, 0.717) is 5.92 Å². The Balaban J connectivity index is 2.51. The van der Waals surface area contributed by atoms with Gasteiger partial charge in [-0.15, -0.1) is 5.10 Å². The third-order valence-electron chi connectivity index (χ3n) is 2.95. The van der Waals surface area contributed by atoms with Crippen molar-refractivity contribution in [2.45, 2.75) is 39.8 Å². The lowest BCUT2D eigenvalue weighted by atomic mass is 10.0. The molecule has 2 N–H and O–H groups in total. The minimum absolute atomic E-state index is 0.0267. The highest BCUT2D eigenvalue weighted by molar-refractivity contribution is 5.84. The van der Waals surface area contributed by atoms with E-state index >= 15 is 0 Å². The number of nitrogens with one attached hydrogen (secondary N) is 1. The Hall–Kier alpha value is -1.92. The molecule has 0 saturated carbocycles. The van der Waals surface area contributed by atoms with Crippen molar-refractivity contribution >= 4 is 11.9 Å². The summed E-state index contributed by atoms with van der Waals surface area (Å²) in [5.74, 6) is -0.974. The van der Waals surface area contributed by atoms with Gasteiger partial charge in [0.05, 0.1) is 6.20 Å². The van der Waals surface area contributed by atoms with Crippen molar-refractivity contribution < 1.29 is 14.7 Å². The fourth-order valence-electron chi connectivity index (χ4n) is 1.42. The number of rotatable bonds is 6. The number of carbonyl (C=O) groups is 2. The van der Waals surface area contributed by atoms with Crippen LogP contribution in [0.25, 0.3) is 0 Å². The van der Waals surface area contributed by atoms with Gasteiger partial charge in [-0.25, -0.2) is 9.48 Å². The Morgan fingerprint density at radius 3 is 2.67 bits per heavy atom. The molecule has 7 heteroatoms. The second kappa shape index (κ2) is 6.13. The average Bonchev–Trinajstić information content (AvgIpc) is 2.76. The molecular weight excluding hydrogens is 236 g/mol. The highest BCUT2D eigenvalue weighted by atomic mass is 16.4. The topological polar surface area (TPSA) is 97.1 Å². The van der Waals surface area contributed by atoms with Crippen LogP contribution in [0.2, 0.25) is 0 Å². The molecule has 1 heterocycles. The quantitative estimate of drug-likeness (QED) is 0.771. The van der Waals surface area contributed by atoms with E-state index in [9.17, 15) is 9.59 Å². The first-order valence-corrected chi connectivity index (χ1v) is 5.86. The largest absolute Gasteiger partial charge is 0.476 e. The van der Waals surface area contributed by atoms with Crippen LogP contribution in [0.3, 0.4) is 0 Å². The van der Waals surface area contributed by atoms with Crippen molar-refractivity contribution in [2.24, 2.45) is 5.92 Å². The van der Waals surface area contributed by atoms with E-state index < -0.39 is 5.97 Å². The zero-order chi connectivity index (χ0) is 13.7. The fraction of sp³-hybridized carbons (Fsp3) is 0.636. The molecule has 1 aromatic rings. The van der Waals surface area contributed by atoms with Crippen molar-refractivity contribution in [3.05, 3.63) is 11.9 Å². The molecule has 0 fully saturated rings. The summed E-state index contributed by atoms with van der Waals surface area (Å²) in [7, 11) is 0. The summed E-state index contributed by atoms with van der Waals surface area (Å²) >= 11 is 0. The monoisotopic (exact) mass is 254 g/mol. The minimum atomic E-state index is -1.16. The molecule has 0 aliphatic carbocycles. The number of amides is 1. The van der Waals surface area contributed by atoms with Gasteiger partial charge in [-0.05, 0) is 12.8 Å². The van der Waals surface area contributed by atoms with Crippen LogP contribution in [-0.2, 0) is 11.3 Å². The summed E-state index contributed by atoms with van der Waals surface area (Å²) in [6.45, 7) is 6.03. The van der Waals surface area contributed by atoms with Gasteiger partial charge in [0, 0.05) is 6.04 Å². The Labute approximate surface area is 105 Å². The second-order valence-electron chi connectivity index (χ2n) is 4.35. The molecule has 0 radical (unpaired) electrons. The third-order valence-corrected chi connectivity index (χ3v) is 2.95. The van der Waals surface area contributed by atoms with Crippen LogP contribution in [0, 0.1) is 5.92 Å². The van der Waals surface area contributed by atoms with Gasteiger partial charge in [0.1, 0.15) is 6.54 Å². The van der Waals surface area contributed by atoms with Gasteiger partial charge in [-0.3, -0.25) is 4.79 Å². The van der Waals surface area contributed by atoms with Crippen LogP contribution in [0.1, 0.15) is 37.7 Å². The second-order valence-corrected chi connectivity index (χ2v) is 4.35. The summed E-state index contributed by atoms with van der Waals surface area (Å²) in [5.41, 5.74) is -0.169. The van der Waals surface area contributed by atoms with Crippen molar-refractivity contribution in [2.75, 3.05) is 0 Å². The number of hydrogen-bond donors (Lipinski definition) is 2. The lowest BCUT2D eigenvalue weighted by molar-refractivity contribution is -0.122. The van der Waals surface area contributed by atoms with Crippen molar-refractivity contribution in [1.82, 2.24) is 20.3 Å². The maximum absolute atomic E-state index is 11.7. The van der Waals surface area contributed by atoms with Crippen molar-refractivity contribution in [3.63, 3.8) is 0 Å². The van der Waals surface area contributed by atoms with Gasteiger partial charge in [0.2, 0.25) is 5.91 Å². The summed E-state index contributed by atoms with van der Waals surface area (Å²) in [5, 5.41) is 18.5. The standard InChI is InChI=1S/C11H18N4O3/c1-4-7(2)8(3)12-10(16)6-15-5-9(11(17)18)13-14-15/h5,7-8H,4,6H2,1-3H3,(H,12,16)(H,17,18). The molecule has 2 unspecified atom stereocenters. The summed E-state index contributed by atoms with van der Waals surface area (Å²) < 4.78 is 1.21. The first kappa shape index (κ1) is 14.1. The summed E-state index contributed by atoms with van der Waals surface area (Å²) in [6, 6.07) is 0.0740. The van der Waals surface area contributed by atoms with E-state index in [1.807, 2.05) is 6.92 Å². The molecule has 1 amide bonds. The predicted octanol–water partition coefficient (Wildman–Crippen LogP) is 0.527. The molecule has 0 aliphatic heterocycles. The molecule has 18 heavy (non-hydrogen) atoms. The van der Waals surface area contributed by atoms with Crippen LogP contribution in [0.15, 0.2) is 6.20 Å². The zero-order valence-electron chi connectivity index (χ0n) is 10.8. The fourth-order valence-corrected chi connectivity index (χ4v) is 1.42. The maximum Gasteiger partial charge on any atom is 0.358 e. The first-order chi connectivity index (χ1) is 8.43. The number of carboxylic acids is 1. The zero-order valence-corrected chi connectivity index (χ0v) is 10.8. The van der Waals surface area contributed by atoms with Gasteiger partial charge in [-0.1, -0.05) is 25.5 Å². The average molecular weight is 254 g/mol. The molecule has 100 valence electrons. The lowest BCUT2D eigenvalue weighted by Gasteiger charge is -2.19. The molecule has 0 aliphatic rings. The van der Waals surface area contributed by atoms with Crippen LogP contribution in [0.5, 0.6) is 0 Å². The number of nitrogens with zero attached hydrogens (tertiary/aromatic N) is 3. The maximum atomic E-state index is 11.7. The van der Waals surface area contributed by atoms with Crippen LogP contribution in [0.4, 0.5) is 0 Å². The van der Waals surface area contributed by atoms with E-state index in [1.54, 1.807) is 0 Å². The first-order valence-electron chi connectivity index (χ1n) is 5.86. The van der Waals surface area contributed by atoms with E-state index in [1.165, 1.54) is 10.9 Å². The highest BCUT2D eigenvalue weighted by Crippen LogP contribution is 2.06. The van der Waals surface area contributed by atoms with Gasteiger partial charge < -0.3 is 10.4 Å². The Bertz CT molecular complexity index is 430. The van der Waals surface area contributed by atoms with Crippen LogP contribution >= 0.6 is 0 Å². The van der Waals surface area contributed by atoms with Crippen LogP contribution in [-0.4, -0.2) is 38.0 Å². The minimum Gasteiger partial charge on any atom is -0.476 e. The molecule has 1 aromatic heterocycles. The molecule has 2 atom stereocenters. The van der Waals surface area contributed by atoms with Crippen molar-refractivity contribution in [1.29, 1.82) is 0 Å². The number of carboxylic acid groups (broad SMARTS) is 1. The highest BCUT2D eigenvalue weighted by Gasteiger charge is 2.15. The smallest absolute Gasteiger partial charge is 0.358 e. The molecular formula is C11H18N4O3. The number of hydrogen-bond acceptors (Lipinski definition) is 4. The Morgan fingerprint density at radius 1 is 1.50 bits per heavy atom. The number of aromatic nitrogens is 3. The molecule has 0 spiro atoms. The molecule has 7 nitrogen and oxygen atoms in total. The van der Waals surface area contributed by atoms with E-state index in [4.69, 9.17) is 5.11 Å². The molecule has 0 aromatic carbocycles. The number of carbonyl (C=O) groups excluding carboxylic acids is 1. The summed E-state index contributed by atoms with van der Waals surface area (Å²) in [6.07, 6.45) is 2.21. The van der Waals surface area contributed by atoms with E-state index in [-0.39, 0.29) is 24.2 Å². The summed E-state index contributed by atoms with van der Waals surface area (Å²) in [4.78, 5) is 22.3. The van der Waals surface area contributed by atoms with E-state index in [0.717, 1.165) is 6.42 Å². The molecule has 0 bridgehead atoms. The van der Waals surface area contributed by atoms with Gasteiger partial charge in [-0.2, -0.15) is 0 Å². The van der Waals surface area contributed by atoms with Crippen molar-refractivity contribution in [3.8, 4) is 0 Å². The Kier molecular flexibility index (Phi) is 4.82. The SMILES string of the molecule is CCC(C)C(C)NC(=O)Cn1cc(C(=O)O)nn1. The van der Waals surface area contributed by atoms with Gasteiger partial charge in [0.25, 0.3) is 0 Å². The predicted molar refractivity (Wildman–Crippen MR) is 64.0 cm³/mol. The Morgan fingerprint density at radius 2 is 2.17 bits per heavy atom. The normalized spacial score (nSPS) is 13.9. The molecule has 0 saturated heterocycles. The van der Waals surface area contributed by atoms with Crippen LogP contribution < -0.4 is 5.32 Å².